The Bertz CT molecular complexity index is 1320. The van der Waals surface area contributed by atoms with Gasteiger partial charge in [-0.1, -0.05) is 41.9 Å². The SMILES string of the molecule is COc1ccc(Cl)cc1NC(=O)N1Cc2ccccc2-n2cccc2[C@H]1c1ccc(F)cc1. The fourth-order valence-electron chi connectivity index (χ4n) is 4.30. The summed E-state index contributed by atoms with van der Waals surface area (Å²) in [5.41, 5.74) is 4.17. The molecule has 0 saturated carbocycles. The summed E-state index contributed by atoms with van der Waals surface area (Å²) in [7, 11) is 1.54. The minimum absolute atomic E-state index is 0.325. The van der Waals surface area contributed by atoms with Gasteiger partial charge in [0.1, 0.15) is 11.6 Å². The number of benzene rings is 3. The van der Waals surface area contributed by atoms with Crippen LogP contribution >= 0.6 is 11.6 Å². The largest absolute Gasteiger partial charge is 0.495 e. The van der Waals surface area contributed by atoms with E-state index >= 15 is 0 Å². The molecule has 1 N–H and O–H groups in total. The summed E-state index contributed by atoms with van der Waals surface area (Å²) in [6.07, 6.45) is 1.98. The average molecular weight is 462 g/mol. The summed E-state index contributed by atoms with van der Waals surface area (Å²) in [4.78, 5) is 15.5. The van der Waals surface area contributed by atoms with Gasteiger partial charge < -0.3 is 19.5 Å². The van der Waals surface area contributed by atoms with Crippen LogP contribution in [0.1, 0.15) is 22.9 Å². The smallest absolute Gasteiger partial charge is 0.323 e. The Morgan fingerprint density at radius 3 is 2.64 bits per heavy atom. The van der Waals surface area contributed by atoms with Crippen molar-refractivity contribution in [3.8, 4) is 11.4 Å². The maximum atomic E-state index is 13.7. The number of para-hydroxylation sites is 1. The quantitative estimate of drug-likeness (QED) is 0.383. The molecule has 2 amide bonds. The average Bonchev–Trinajstić information content (AvgIpc) is 3.24. The Balaban J connectivity index is 1.63. The minimum atomic E-state index is -0.446. The van der Waals surface area contributed by atoms with Crippen LogP contribution in [-0.2, 0) is 6.54 Å². The number of halogens is 2. The van der Waals surface area contributed by atoms with E-state index < -0.39 is 6.04 Å². The van der Waals surface area contributed by atoms with Crippen molar-refractivity contribution < 1.29 is 13.9 Å². The first-order chi connectivity index (χ1) is 16.0. The first-order valence-electron chi connectivity index (χ1n) is 10.5. The van der Waals surface area contributed by atoms with Gasteiger partial charge in [-0.15, -0.1) is 0 Å². The molecule has 33 heavy (non-hydrogen) atoms. The summed E-state index contributed by atoms with van der Waals surface area (Å²) in [5.74, 6) is 0.176. The first-order valence-corrected chi connectivity index (χ1v) is 10.8. The number of carbonyl (C=O) groups excluding carboxylic acids is 1. The van der Waals surface area contributed by atoms with Gasteiger partial charge in [0.15, 0.2) is 0 Å². The number of urea groups is 1. The molecule has 1 aliphatic rings. The number of hydrogen-bond acceptors (Lipinski definition) is 2. The first kappa shape index (κ1) is 21.1. The molecule has 1 atom stereocenters. The maximum Gasteiger partial charge on any atom is 0.323 e. The highest BCUT2D eigenvalue weighted by molar-refractivity contribution is 6.31. The van der Waals surface area contributed by atoms with Gasteiger partial charge in [0.05, 0.1) is 31.1 Å². The topological polar surface area (TPSA) is 46.5 Å². The molecule has 5 rings (SSSR count). The molecule has 7 heteroatoms. The van der Waals surface area contributed by atoms with Gasteiger partial charge in [0, 0.05) is 16.9 Å². The number of methoxy groups -OCH3 is 1. The number of anilines is 1. The van der Waals surface area contributed by atoms with Crippen molar-refractivity contribution in [1.29, 1.82) is 0 Å². The van der Waals surface area contributed by atoms with Crippen LogP contribution in [0.25, 0.3) is 5.69 Å². The fourth-order valence-corrected chi connectivity index (χ4v) is 4.47. The molecule has 0 aliphatic carbocycles. The van der Waals surface area contributed by atoms with Gasteiger partial charge in [-0.25, -0.2) is 9.18 Å². The maximum absolute atomic E-state index is 13.7. The van der Waals surface area contributed by atoms with Gasteiger partial charge in [-0.05, 0) is 59.7 Å². The lowest BCUT2D eigenvalue weighted by Gasteiger charge is -2.31. The van der Waals surface area contributed by atoms with E-state index in [9.17, 15) is 9.18 Å². The Morgan fingerprint density at radius 2 is 1.85 bits per heavy atom. The molecule has 1 aromatic heterocycles. The zero-order valence-electron chi connectivity index (χ0n) is 17.8. The van der Waals surface area contributed by atoms with Crippen molar-refractivity contribution in [2.45, 2.75) is 12.6 Å². The molecular weight excluding hydrogens is 441 g/mol. The number of fused-ring (bicyclic) bond motifs is 3. The lowest BCUT2D eigenvalue weighted by atomic mass is 10.0. The Morgan fingerprint density at radius 1 is 1.06 bits per heavy atom. The van der Waals surface area contributed by atoms with Crippen molar-refractivity contribution >= 4 is 23.3 Å². The van der Waals surface area contributed by atoms with Crippen LogP contribution in [0.4, 0.5) is 14.9 Å². The van der Waals surface area contributed by atoms with Gasteiger partial charge in [0.25, 0.3) is 0 Å². The molecule has 0 radical (unpaired) electrons. The van der Waals surface area contributed by atoms with Crippen LogP contribution in [0, 0.1) is 5.82 Å². The van der Waals surface area contributed by atoms with Crippen LogP contribution in [-0.4, -0.2) is 22.6 Å². The number of aromatic nitrogens is 1. The molecule has 1 aliphatic heterocycles. The van der Waals surface area contributed by atoms with E-state index in [-0.39, 0.29) is 11.8 Å². The van der Waals surface area contributed by atoms with E-state index in [2.05, 4.69) is 9.88 Å². The van der Waals surface area contributed by atoms with Crippen molar-refractivity contribution in [3.05, 3.63) is 113 Å². The third-order valence-electron chi connectivity index (χ3n) is 5.81. The standard InChI is InChI=1S/C26H21ClFN3O2/c1-33-24-13-10-19(27)15-21(24)29-26(32)31-16-18-5-2-3-6-22(18)30-14-4-7-23(30)25(31)17-8-11-20(28)12-9-17/h2-15,25H,16H2,1H3,(H,29,32)/t25-/m1/s1. The zero-order valence-corrected chi connectivity index (χ0v) is 18.6. The van der Waals surface area contributed by atoms with E-state index in [0.29, 0.717) is 23.0 Å². The van der Waals surface area contributed by atoms with Crippen molar-refractivity contribution in [1.82, 2.24) is 9.47 Å². The second kappa shape index (κ2) is 8.64. The molecule has 0 spiro atoms. The van der Waals surface area contributed by atoms with Crippen LogP contribution in [0.15, 0.2) is 85.1 Å². The van der Waals surface area contributed by atoms with E-state index in [1.54, 1.807) is 35.2 Å². The number of ether oxygens (including phenoxy) is 1. The molecule has 2 heterocycles. The van der Waals surface area contributed by atoms with Crippen LogP contribution in [0.5, 0.6) is 5.75 Å². The highest BCUT2D eigenvalue weighted by Gasteiger charge is 2.33. The van der Waals surface area contributed by atoms with Gasteiger partial charge in [-0.2, -0.15) is 0 Å². The monoisotopic (exact) mass is 461 g/mol. The molecule has 0 fully saturated rings. The van der Waals surface area contributed by atoms with E-state index in [1.165, 1.54) is 19.2 Å². The van der Waals surface area contributed by atoms with Crippen LogP contribution < -0.4 is 10.1 Å². The summed E-state index contributed by atoms with van der Waals surface area (Å²) in [6.45, 7) is 0.356. The molecular formula is C26H21ClFN3O2. The highest BCUT2D eigenvalue weighted by Crippen LogP contribution is 2.37. The molecule has 0 saturated heterocycles. The molecule has 4 aromatic rings. The Hall–Kier alpha value is -3.77. The Kier molecular flexibility index (Phi) is 5.52. The third-order valence-corrected chi connectivity index (χ3v) is 6.05. The van der Waals surface area contributed by atoms with Gasteiger partial charge in [-0.3, -0.25) is 0 Å². The lowest BCUT2D eigenvalue weighted by molar-refractivity contribution is 0.194. The summed E-state index contributed by atoms with van der Waals surface area (Å²) in [6, 6.07) is 22.4. The van der Waals surface area contributed by atoms with E-state index in [4.69, 9.17) is 16.3 Å². The van der Waals surface area contributed by atoms with Crippen molar-refractivity contribution in [3.63, 3.8) is 0 Å². The number of rotatable bonds is 3. The van der Waals surface area contributed by atoms with E-state index in [0.717, 1.165) is 22.5 Å². The minimum Gasteiger partial charge on any atom is -0.495 e. The summed E-state index contributed by atoms with van der Waals surface area (Å²) < 4.78 is 21.2. The molecule has 5 nitrogen and oxygen atoms in total. The highest BCUT2D eigenvalue weighted by atomic mass is 35.5. The molecule has 166 valence electrons. The van der Waals surface area contributed by atoms with Gasteiger partial charge in [0.2, 0.25) is 0 Å². The van der Waals surface area contributed by atoms with Crippen LogP contribution in [0.2, 0.25) is 5.02 Å². The number of carbonyl (C=O) groups is 1. The number of nitrogens with one attached hydrogen (secondary N) is 1. The Labute approximate surface area is 196 Å². The second-order valence-electron chi connectivity index (χ2n) is 7.79. The normalized spacial score (nSPS) is 14.8. The van der Waals surface area contributed by atoms with E-state index in [1.807, 2.05) is 42.6 Å². The number of hydrogen-bond donors (Lipinski definition) is 1. The number of amides is 2. The fraction of sp³-hybridized carbons (Fsp3) is 0.115. The zero-order chi connectivity index (χ0) is 22.9. The molecule has 0 bridgehead atoms. The summed E-state index contributed by atoms with van der Waals surface area (Å²) >= 11 is 6.17. The van der Waals surface area contributed by atoms with Crippen LogP contribution in [0.3, 0.4) is 0 Å². The lowest BCUT2D eigenvalue weighted by Crippen LogP contribution is -2.38. The van der Waals surface area contributed by atoms with Gasteiger partial charge >= 0.3 is 6.03 Å². The predicted octanol–water partition coefficient (Wildman–Crippen LogP) is 6.42. The third kappa shape index (κ3) is 3.94. The van der Waals surface area contributed by atoms with Crippen molar-refractivity contribution in [2.24, 2.45) is 0 Å². The molecule has 3 aromatic carbocycles. The molecule has 0 unspecified atom stereocenters. The summed E-state index contributed by atoms with van der Waals surface area (Å²) in [5, 5.41) is 3.44. The van der Waals surface area contributed by atoms with Crippen molar-refractivity contribution in [2.75, 3.05) is 12.4 Å². The second-order valence-corrected chi connectivity index (χ2v) is 8.22. The predicted molar refractivity (Wildman–Crippen MR) is 127 cm³/mol. The number of nitrogens with zero attached hydrogens (tertiary/aromatic N) is 2.